The molecule has 0 unspecified atom stereocenters. The summed E-state index contributed by atoms with van der Waals surface area (Å²) in [7, 11) is 0. The van der Waals surface area contributed by atoms with Gasteiger partial charge in [-0.3, -0.25) is 10.1 Å². The van der Waals surface area contributed by atoms with E-state index in [4.69, 9.17) is 12.2 Å². The van der Waals surface area contributed by atoms with E-state index in [1.54, 1.807) is 6.08 Å². The fourth-order valence-corrected chi connectivity index (χ4v) is 4.04. The molecule has 144 valence electrons. The van der Waals surface area contributed by atoms with Crippen LogP contribution >= 0.6 is 23.6 Å². The molecule has 4 nitrogen and oxygen atoms in total. The van der Waals surface area contributed by atoms with Crippen LogP contribution in [0.15, 0.2) is 42.5 Å². The first kappa shape index (κ1) is 20.2. The number of benzene rings is 2. The monoisotopic (exact) mass is 409 g/mol. The highest BCUT2D eigenvalue weighted by Crippen LogP contribution is 2.30. The van der Waals surface area contributed by atoms with Gasteiger partial charge in [0.2, 0.25) is 5.91 Å². The largest absolute Gasteiger partial charge is 0.308 e. The molecule has 0 saturated heterocycles. The van der Waals surface area contributed by atoms with Crippen molar-refractivity contribution in [1.82, 2.24) is 10.3 Å². The molecule has 2 N–H and O–H groups in total. The van der Waals surface area contributed by atoms with E-state index in [1.165, 1.54) is 28.5 Å². The summed E-state index contributed by atoms with van der Waals surface area (Å²) in [5, 5.41) is 6.58. The molecule has 28 heavy (non-hydrogen) atoms. The first-order valence-electron chi connectivity index (χ1n) is 9.10. The van der Waals surface area contributed by atoms with Crippen molar-refractivity contribution in [2.24, 2.45) is 0 Å². The third kappa shape index (κ3) is 4.82. The smallest absolute Gasteiger partial charge is 0.250 e. The van der Waals surface area contributed by atoms with E-state index >= 15 is 0 Å². The summed E-state index contributed by atoms with van der Waals surface area (Å²) in [4.78, 5) is 16.7. The first-order valence-corrected chi connectivity index (χ1v) is 10.3. The van der Waals surface area contributed by atoms with Gasteiger partial charge >= 0.3 is 0 Å². The number of carbonyl (C=O) groups excluding carboxylic acids is 1. The van der Waals surface area contributed by atoms with E-state index < -0.39 is 0 Å². The number of nitrogens with zero attached hydrogens (tertiary/aromatic N) is 1. The number of nitrogens with one attached hydrogen (secondary N) is 2. The lowest BCUT2D eigenvalue weighted by Crippen LogP contribution is -2.32. The van der Waals surface area contributed by atoms with Crippen LogP contribution in [-0.2, 0) is 4.79 Å². The molecule has 0 atom stereocenters. The molecule has 0 radical (unpaired) electrons. The number of amides is 1. The minimum Gasteiger partial charge on any atom is -0.308 e. The van der Waals surface area contributed by atoms with E-state index in [0.29, 0.717) is 11.0 Å². The number of anilines is 1. The van der Waals surface area contributed by atoms with Gasteiger partial charge in [-0.2, -0.15) is 0 Å². The van der Waals surface area contributed by atoms with E-state index in [-0.39, 0.29) is 11.0 Å². The lowest BCUT2D eigenvalue weighted by molar-refractivity contribution is -0.115. The third-order valence-corrected chi connectivity index (χ3v) is 5.74. The molecular formula is C22H23N3OS2. The Balaban J connectivity index is 1.60. The van der Waals surface area contributed by atoms with Crippen LogP contribution in [0.3, 0.4) is 0 Å². The van der Waals surface area contributed by atoms with Gasteiger partial charge in [-0.15, -0.1) is 0 Å². The van der Waals surface area contributed by atoms with Crippen LogP contribution in [0.25, 0.3) is 16.3 Å². The summed E-state index contributed by atoms with van der Waals surface area (Å²) in [5.74, 6) is 0.207. The molecule has 0 aliphatic rings. The summed E-state index contributed by atoms with van der Waals surface area (Å²) < 4.78 is 1.13. The standard InChI is InChI=1S/C22H23N3OS2/c1-13(2)17-10-7-16(8-11-17)9-12-18(26)23-21(27)25-22-24-19-14(3)5-6-15(4)20(19)28-22/h5-13H,1-4H3,(H2,23,24,25,26,27)/b12-9+. The molecule has 0 spiro atoms. The Morgan fingerprint density at radius 2 is 1.79 bits per heavy atom. The maximum absolute atomic E-state index is 12.1. The zero-order chi connectivity index (χ0) is 20.3. The summed E-state index contributed by atoms with van der Waals surface area (Å²) in [6, 6.07) is 12.3. The number of aryl methyl sites for hydroxylation is 2. The van der Waals surface area contributed by atoms with Crippen LogP contribution in [0.5, 0.6) is 0 Å². The number of thiocarbonyl (C=S) groups is 1. The van der Waals surface area contributed by atoms with Crippen LogP contribution in [0.4, 0.5) is 5.13 Å². The summed E-state index contributed by atoms with van der Waals surface area (Å²) in [5.41, 5.74) is 5.49. The van der Waals surface area contributed by atoms with Gasteiger partial charge in [0.05, 0.1) is 10.2 Å². The fourth-order valence-electron chi connectivity index (χ4n) is 2.76. The lowest BCUT2D eigenvalue weighted by Gasteiger charge is -2.05. The van der Waals surface area contributed by atoms with Crippen LogP contribution < -0.4 is 10.6 Å². The topological polar surface area (TPSA) is 54.0 Å². The summed E-state index contributed by atoms with van der Waals surface area (Å²) >= 11 is 6.78. The molecule has 3 rings (SSSR count). The van der Waals surface area contributed by atoms with Gasteiger partial charge in [0.25, 0.3) is 0 Å². The Bertz CT molecular complexity index is 1010. The highest BCUT2D eigenvalue weighted by molar-refractivity contribution is 7.80. The van der Waals surface area contributed by atoms with Gasteiger partial charge in [0.1, 0.15) is 0 Å². The number of aromatic nitrogens is 1. The van der Waals surface area contributed by atoms with E-state index in [9.17, 15) is 4.79 Å². The van der Waals surface area contributed by atoms with Crippen molar-refractivity contribution in [3.05, 3.63) is 64.7 Å². The molecule has 0 saturated carbocycles. The first-order chi connectivity index (χ1) is 13.3. The van der Waals surface area contributed by atoms with Gasteiger partial charge in [-0.1, -0.05) is 61.6 Å². The second-order valence-corrected chi connectivity index (χ2v) is 8.40. The lowest BCUT2D eigenvalue weighted by atomic mass is 10.0. The number of rotatable bonds is 4. The number of thiazole rings is 1. The Morgan fingerprint density at radius 1 is 1.11 bits per heavy atom. The number of hydrogen-bond donors (Lipinski definition) is 2. The van der Waals surface area contributed by atoms with Crippen molar-refractivity contribution in [1.29, 1.82) is 0 Å². The van der Waals surface area contributed by atoms with E-state index in [1.807, 2.05) is 19.1 Å². The van der Waals surface area contributed by atoms with Crippen molar-refractivity contribution in [3.8, 4) is 0 Å². The number of carbonyl (C=O) groups is 1. The molecule has 1 aromatic heterocycles. The maximum Gasteiger partial charge on any atom is 0.250 e. The fraction of sp³-hybridized carbons (Fsp3) is 0.227. The van der Waals surface area contributed by atoms with E-state index in [0.717, 1.165) is 21.3 Å². The van der Waals surface area contributed by atoms with Gasteiger partial charge < -0.3 is 5.32 Å². The van der Waals surface area contributed by atoms with Gasteiger partial charge in [0.15, 0.2) is 10.2 Å². The summed E-state index contributed by atoms with van der Waals surface area (Å²) in [6.45, 7) is 8.40. The zero-order valence-electron chi connectivity index (χ0n) is 16.4. The van der Waals surface area contributed by atoms with Crippen molar-refractivity contribution >= 4 is 56.0 Å². The molecule has 0 aliphatic carbocycles. The van der Waals surface area contributed by atoms with Crippen LogP contribution in [0.1, 0.15) is 42.0 Å². The maximum atomic E-state index is 12.1. The second kappa shape index (κ2) is 8.63. The molecule has 0 bridgehead atoms. The highest BCUT2D eigenvalue weighted by Gasteiger charge is 2.10. The van der Waals surface area contributed by atoms with Crippen LogP contribution in [0, 0.1) is 13.8 Å². The van der Waals surface area contributed by atoms with Gasteiger partial charge in [-0.25, -0.2) is 4.98 Å². The molecule has 0 aliphatic heterocycles. The summed E-state index contributed by atoms with van der Waals surface area (Å²) in [6.07, 6.45) is 3.25. The average molecular weight is 410 g/mol. The molecule has 6 heteroatoms. The Hall–Kier alpha value is -2.57. The number of hydrogen-bond acceptors (Lipinski definition) is 4. The Kier molecular flexibility index (Phi) is 6.21. The van der Waals surface area contributed by atoms with Crippen LogP contribution in [0.2, 0.25) is 0 Å². The number of fused-ring (bicyclic) bond motifs is 1. The van der Waals surface area contributed by atoms with E-state index in [2.05, 4.69) is 60.7 Å². The van der Waals surface area contributed by atoms with Gasteiger partial charge in [0, 0.05) is 6.08 Å². The van der Waals surface area contributed by atoms with Crippen molar-refractivity contribution in [2.75, 3.05) is 5.32 Å². The molecule has 1 amide bonds. The minimum atomic E-state index is -0.279. The predicted octanol–water partition coefficient (Wildman–Crippen LogP) is 5.56. The second-order valence-electron chi connectivity index (χ2n) is 6.99. The quantitative estimate of drug-likeness (QED) is 0.437. The molecule has 1 heterocycles. The SMILES string of the molecule is Cc1ccc(C)c2sc(NC(=S)NC(=O)/C=C/c3ccc(C(C)C)cc3)nc12. The van der Waals surface area contributed by atoms with Crippen molar-refractivity contribution < 1.29 is 4.79 Å². The zero-order valence-corrected chi connectivity index (χ0v) is 18.0. The Labute approximate surface area is 174 Å². The predicted molar refractivity (Wildman–Crippen MR) is 123 cm³/mol. The van der Waals surface area contributed by atoms with Crippen molar-refractivity contribution in [2.45, 2.75) is 33.6 Å². The Morgan fingerprint density at radius 3 is 2.43 bits per heavy atom. The van der Waals surface area contributed by atoms with Crippen LogP contribution in [-0.4, -0.2) is 16.0 Å². The minimum absolute atomic E-state index is 0.235. The molecule has 3 aromatic rings. The third-order valence-electron chi connectivity index (χ3n) is 4.43. The van der Waals surface area contributed by atoms with Gasteiger partial charge in [-0.05, 0) is 60.3 Å². The molecule has 2 aromatic carbocycles. The highest BCUT2D eigenvalue weighted by atomic mass is 32.1. The van der Waals surface area contributed by atoms with Crippen molar-refractivity contribution in [3.63, 3.8) is 0 Å². The normalized spacial score (nSPS) is 11.3. The molecular weight excluding hydrogens is 386 g/mol. The molecule has 0 fully saturated rings. The average Bonchev–Trinajstić information content (AvgIpc) is 3.08.